The van der Waals surface area contributed by atoms with E-state index in [1.165, 1.54) is 0 Å². The number of β-amino-alcohol motifs (C(OH)–C–C–N with tert-alkyl or cyclic N) is 1. The topological polar surface area (TPSA) is 53.3 Å². The van der Waals surface area contributed by atoms with E-state index in [0.717, 1.165) is 16.9 Å². The Morgan fingerprint density at radius 2 is 1.88 bits per heavy atom. The van der Waals surface area contributed by atoms with Crippen LogP contribution < -0.4 is 5.32 Å². The number of para-hydroxylation sites is 1. The highest BCUT2D eigenvalue weighted by Gasteiger charge is 2.39. The van der Waals surface area contributed by atoms with Gasteiger partial charge in [-0.25, -0.2) is 0 Å². The number of aliphatic hydroxyl groups is 1. The molecule has 6 heteroatoms. The van der Waals surface area contributed by atoms with Crippen molar-refractivity contribution in [3.05, 3.63) is 84.4 Å². The second kappa shape index (κ2) is 7.27. The number of aromatic nitrogens is 2. The van der Waals surface area contributed by atoms with Crippen LogP contribution >= 0.6 is 12.2 Å². The van der Waals surface area contributed by atoms with Crippen LogP contribution in [0.5, 0.6) is 0 Å². The lowest BCUT2D eigenvalue weighted by molar-refractivity contribution is 0.223. The Morgan fingerprint density at radius 1 is 1.08 bits per heavy atom. The van der Waals surface area contributed by atoms with Gasteiger partial charge in [0.15, 0.2) is 5.11 Å². The van der Waals surface area contributed by atoms with E-state index in [9.17, 15) is 5.11 Å². The predicted molar refractivity (Wildman–Crippen MR) is 105 cm³/mol. The van der Waals surface area contributed by atoms with E-state index in [1.54, 1.807) is 6.20 Å². The third-order valence-corrected chi connectivity index (χ3v) is 5.00. The van der Waals surface area contributed by atoms with E-state index in [0.29, 0.717) is 11.7 Å². The fourth-order valence-electron chi connectivity index (χ4n) is 3.47. The molecule has 1 saturated heterocycles. The first-order valence-electron chi connectivity index (χ1n) is 8.60. The number of nitrogens with one attached hydrogen (secondary N) is 1. The van der Waals surface area contributed by atoms with Crippen LogP contribution in [0.25, 0.3) is 5.69 Å². The highest BCUT2D eigenvalue weighted by atomic mass is 32.1. The Kier molecular flexibility index (Phi) is 4.69. The summed E-state index contributed by atoms with van der Waals surface area (Å²) in [5.41, 5.74) is 3.17. The lowest BCUT2D eigenvalue weighted by Crippen LogP contribution is -2.32. The number of hydrogen-bond donors (Lipinski definition) is 2. The number of benzene rings is 1. The summed E-state index contributed by atoms with van der Waals surface area (Å²) in [5, 5.41) is 13.5. The van der Waals surface area contributed by atoms with E-state index in [-0.39, 0.29) is 18.7 Å². The number of pyridine rings is 1. The molecular weight excluding hydrogens is 344 g/mol. The van der Waals surface area contributed by atoms with Gasteiger partial charge in [-0.2, -0.15) is 0 Å². The molecule has 1 aliphatic heterocycles. The maximum Gasteiger partial charge on any atom is 0.170 e. The summed E-state index contributed by atoms with van der Waals surface area (Å²) in [7, 11) is 0. The van der Waals surface area contributed by atoms with Gasteiger partial charge in [0, 0.05) is 30.8 Å². The highest BCUT2D eigenvalue weighted by molar-refractivity contribution is 7.80. The minimum Gasteiger partial charge on any atom is -0.395 e. The SMILES string of the molecule is OCCN1C(=S)N[C@@H](c2ccccn2)[C@H]1c1ccn(-c2ccccc2)c1. The molecule has 4 rings (SSSR count). The largest absolute Gasteiger partial charge is 0.395 e. The summed E-state index contributed by atoms with van der Waals surface area (Å²) >= 11 is 5.53. The van der Waals surface area contributed by atoms with Crippen LogP contribution in [0.2, 0.25) is 0 Å². The van der Waals surface area contributed by atoms with Gasteiger partial charge in [0.2, 0.25) is 0 Å². The Morgan fingerprint density at radius 3 is 2.62 bits per heavy atom. The van der Waals surface area contributed by atoms with Crippen molar-refractivity contribution in [1.82, 2.24) is 19.8 Å². The van der Waals surface area contributed by atoms with E-state index in [4.69, 9.17) is 12.2 Å². The molecule has 0 amide bonds. The van der Waals surface area contributed by atoms with Gasteiger partial charge in [-0.15, -0.1) is 0 Å². The molecule has 1 fully saturated rings. The molecule has 2 N–H and O–H groups in total. The molecule has 2 aromatic heterocycles. The van der Waals surface area contributed by atoms with E-state index in [2.05, 4.69) is 45.5 Å². The summed E-state index contributed by atoms with van der Waals surface area (Å²) in [6, 6.07) is 18.1. The van der Waals surface area contributed by atoms with Crippen molar-refractivity contribution in [1.29, 1.82) is 0 Å². The summed E-state index contributed by atoms with van der Waals surface area (Å²) in [4.78, 5) is 6.55. The molecule has 0 spiro atoms. The third kappa shape index (κ3) is 3.09. The molecule has 0 aliphatic carbocycles. The van der Waals surface area contributed by atoms with Crippen LogP contribution in [-0.4, -0.2) is 37.8 Å². The predicted octanol–water partition coefficient (Wildman–Crippen LogP) is 2.84. The van der Waals surface area contributed by atoms with Gasteiger partial charge >= 0.3 is 0 Å². The van der Waals surface area contributed by atoms with Crippen molar-refractivity contribution in [2.24, 2.45) is 0 Å². The molecule has 2 atom stereocenters. The van der Waals surface area contributed by atoms with Gasteiger partial charge in [-0.3, -0.25) is 4.98 Å². The summed E-state index contributed by atoms with van der Waals surface area (Å²) in [5.74, 6) is 0. The van der Waals surface area contributed by atoms with E-state index in [1.807, 2.05) is 41.3 Å². The molecule has 1 aromatic carbocycles. The van der Waals surface area contributed by atoms with Crippen molar-refractivity contribution in [2.45, 2.75) is 12.1 Å². The summed E-state index contributed by atoms with van der Waals surface area (Å²) < 4.78 is 2.10. The van der Waals surface area contributed by atoms with Crippen molar-refractivity contribution in [3.63, 3.8) is 0 Å². The Labute approximate surface area is 157 Å². The minimum atomic E-state index is -0.0538. The molecule has 0 saturated carbocycles. The zero-order valence-electron chi connectivity index (χ0n) is 14.2. The summed E-state index contributed by atoms with van der Waals surface area (Å²) in [6.07, 6.45) is 5.97. The Hall–Kier alpha value is -2.70. The Bertz CT molecular complexity index is 881. The maximum absolute atomic E-state index is 9.50. The lowest BCUT2D eigenvalue weighted by atomic mass is 9.99. The fourth-order valence-corrected chi connectivity index (χ4v) is 3.80. The highest BCUT2D eigenvalue weighted by Crippen LogP contribution is 2.38. The van der Waals surface area contributed by atoms with Gasteiger partial charge in [-0.05, 0) is 48.1 Å². The lowest BCUT2D eigenvalue weighted by Gasteiger charge is -2.26. The van der Waals surface area contributed by atoms with E-state index >= 15 is 0 Å². The van der Waals surface area contributed by atoms with Gasteiger partial charge in [0.05, 0.1) is 24.4 Å². The first-order valence-corrected chi connectivity index (χ1v) is 9.01. The van der Waals surface area contributed by atoms with Gasteiger partial charge in [0.1, 0.15) is 0 Å². The first-order chi connectivity index (χ1) is 12.8. The number of thiocarbonyl (C=S) groups is 1. The van der Waals surface area contributed by atoms with Crippen LogP contribution in [0.3, 0.4) is 0 Å². The minimum absolute atomic E-state index is 0.0190. The maximum atomic E-state index is 9.50. The molecule has 0 radical (unpaired) electrons. The number of hydrogen-bond acceptors (Lipinski definition) is 3. The second-order valence-corrected chi connectivity index (χ2v) is 6.62. The number of aliphatic hydroxyl groups excluding tert-OH is 1. The molecule has 26 heavy (non-hydrogen) atoms. The van der Waals surface area contributed by atoms with Crippen LogP contribution in [0.4, 0.5) is 0 Å². The van der Waals surface area contributed by atoms with Crippen LogP contribution in [0.1, 0.15) is 23.3 Å². The van der Waals surface area contributed by atoms with Crippen LogP contribution in [0, 0.1) is 0 Å². The molecule has 0 bridgehead atoms. The normalized spacial score (nSPS) is 19.6. The van der Waals surface area contributed by atoms with Gasteiger partial charge < -0.3 is 19.9 Å². The number of rotatable bonds is 5. The molecule has 3 heterocycles. The molecule has 1 aliphatic rings. The van der Waals surface area contributed by atoms with Crippen molar-refractivity contribution in [2.75, 3.05) is 13.2 Å². The van der Waals surface area contributed by atoms with Gasteiger partial charge in [0.25, 0.3) is 0 Å². The molecular formula is C20H20N4OS. The fraction of sp³-hybridized carbons (Fsp3) is 0.200. The number of nitrogens with zero attached hydrogens (tertiary/aromatic N) is 3. The van der Waals surface area contributed by atoms with Crippen LogP contribution in [-0.2, 0) is 0 Å². The standard InChI is InChI=1S/C20H20N4OS/c25-13-12-24-19(18(22-20(24)26)17-8-4-5-10-21-17)15-9-11-23(14-15)16-6-2-1-3-7-16/h1-11,14,18-19,25H,12-13H2,(H,22,26)/t18-,19+/m0/s1. The molecule has 5 nitrogen and oxygen atoms in total. The van der Waals surface area contributed by atoms with Crippen molar-refractivity contribution >= 4 is 17.3 Å². The zero-order chi connectivity index (χ0) is 17.9. The summed E-state index contributed by atoms with van der Waals surface area (Å²) in [6.45, 7) is 0.531. The van der Waals surface area contributed by atoms with E-state index < -0.39 is 0 Å². The molecule has 132 valence electrons. The monoisotopic (exact) mass is 364 g/mol. The molecule has 3 aromatic rings. The average Bonchev–Trinajstić information content (AvgIpc) is 3.29. The smallest absolute Gasteiger partial charge is 0.170 e. The zero-order valence-corrected chi connectivity index (χ0v) is 15.0. The third-order valence-electron chi connectivity index (χ3n) is 4.65. The molecule has 0 unspecified atom stereocenters. The van der Waals surface area contributed by atoms with Crippen LogP contribution in [0.15, 0.2) is 73.2 Å². The quantitative estimate of drug-likeness (QED) is 0.682. The first kappa shape index (κ1) is 16.8. The van der Waals surface area contributed by atoms with Crippen molar-refractivity contribution < 1.29 is 5.11 Å². The average molecular weight is 364 g/mol. The van der Waals surface area contributed by atoms with Gasteiger partial charge in [-0.1, -0.05) is 24.3 Å². The second-order valence-electron chi connectivity index (χ2n) is 6.23. The van der Waals surface area contributed by atoms with Crippen molar-refractivity contribution in [3.8, 4) is 5.69 Å². The Balaban J connectivity index is 1.72.